The summed E-state index contributed by atoms with van der Waals surface area (Å²) in [6.45, 7) is 1.76. The zero-order chi connectivity index (χ0) is 12.6. The van der Waals surface area contributed by atoms with Gasteiger partial charge < -0.3 is 14.7 Å². The van der Waals surface area contributed by atoms with Gasteiger partial charge in [0.2, 0.25) is 0 Å². The van der Waals surface area contributed by atoms with E-state index in [1.807, 2.05) is 30.1 Å². The Kier molecular flexibility index (Phi) is 2.96. The van der Waals surface area contributed by atoms with Gasteiger partial charge >= 0.3 is 5.97 Å². The van der Waals surface area contributed by atoms with Crippen LogP contribution in [-0.4, -0.2) is 31.3 Å². The van der Waals surface area contributed by atoms with Crippen LogP contribution in [0.15, 0.2) is 18.2 Å². The Bertz CT molecular complexity index is 444. The smallest absolute Gasteiger partial charge is 0.308 e. The second-order valence-corrected chi connectivity index (χ2v) is 4.50. The highest BCUT2D eigenvalue weighted by molar-refractivity contribution is 5.73. The maximum absolute atomic E-state index is 11.1. The first-order valence-electron chi connectivity index (χ1n) is 5.67. The molecule has 1 N–H and O–H groups in total. The second kappa shape index (κ2) is 4.28. The van der Waals surface area contributed by atoms with E-state index in [0.717, 1.165) is 23.4 Å². The van der Waals surface area contributed by atoms with E-state index in [1.54, 1.807) is 14.0 Å². The number of anilines is 1. The molecule has 4 nitrogen and oxygen atoms in total. The Morgan fingerprint density at radius 2 is 2.29 bits per heavy atom. The third-order valence-electron chi connectivity index (χ3n) is 3.56. The van der Waals surface area contributed by atoms with Crippen molar-refractivity contribution in [2.24, 2.45) is 5.92 Å². The van der Waals surface area contributed by atoms with Gasteiger partial charge in [0.05, 0.1) is 13.0 Å². The van der Waals surface area contributed by atoms with Gasteiger partial charge in [0, 0.05) is 18.8 Å². The number of hydrogen-bond donors (Lipinski definition) is 1. The Balaban J connectivity index is 2.28. The molecule has 2 atom stereocenters. The van der Waals surface area contributed by atoms with Crippen LogP contribution >= 0.6 is 0 Å². The van der Waals surface area contributed by atoms with Gasteiger partial charge in [-0.3, -0.25) is 4.79 Å². The molecule has 1 heterocycles. The predicted molar refractivity (Wildman–Crippen MR) is 65.7 cm³/mol. The van der Waals surface area contributed by atoms with Gasteiger partial charge in [0.25, 0.3) is 0 Å². The molecule has 0 radical (unpaired) electrons. The lowest BCUT2D eigenvalue weighted by Gasteiger charge is -2.25. The highest BCUT2D eigenvalue weighted by Crippen LogP contribution is 2.36. The monoisotopic (exact) mass is 235 g/mol. The minimum Gasteiger partial charge on any atom is -0.497 e. The maximum atomic E-state index is 11.1. The fourth-order valence-corrected chi connectivity index (χ4v) is 2.41. The molecule has 4 heteroatoms. The van der Waals surface area contributed by atoms with Crippen LogP contribution in [0.4, 0.5) is 5.69 Å². The van der Waals surface area contributed by atoms with Crippen LogP contribution in [0.5, 0.6) is 5.75 Å². The van der Waals surface area contributed by atoms with Crippen molar-refractivity contribution in [3.63, 3.8) is 0 Å². The number of fused-ring (bicyclic) bond motifs is 1. The molecule has 0 saturated heterocycles. The van der Waals surface area contributed by atoms with Gasteiger partial charge in [-0.2, -0.15) is 0 Å². The number of benzene rings is 1. The summed E-state index contributed by atoms with van der Waals surface area (Å²) in [5.74, 6) is -0.305. The standard InChI is InChI=1S/C13H17NO3/c1-8(13(15)16)12-7-9-6-10(17-3)4-5-11(9)14(12)2/h4-6,8,12H,7H2,1-3H3,(H,15,16). The zero-order valence-corrected chi connectivity index (χ0v) is 10.3. The quantitative estimate of drug-likeness (QED) is 0.867. The molecule has 2 rings (SSSR count). The van der Waals surface area contributed by atoms with Crippen LogP contribution in [0.1, 0.15) is 12.5 Å². The summed E-state index contributed by atoms with van der Waals surface area (Å²) in [6, 6.07) is 5.90. The summed E-state index contributed by atoms with van der Waals surface area (Å²) in [4.78, 5) is 13.1. The molecular weight excluding hydrogens is 218 g/mol. The van der Waals surface area contributed by atoms with Crippen molar-refractivity contribution in [2.75, 3.05) is 19.1 Å². The number of carbonyl (C=O) groups is 1. The maximum Gasteiger partial charge on any atom is 0.308 e. The first-order valence-corrected chi connectivity index (χ1v) is 5.67. The molecule has 0 aliphatic carbocycles. The Labute approximate surface area is 101 Å². The molecule has 0 bridgehead atoms. The van der Waals surface area contributed by atoms with Crippen molar-refractivity contribution >= 4 is 11.7 Å². The predicted octanol–water partition coefficient (Wildman–Crippen LogP) is 1.78. The topological polar surface area (TPSA) is 49.8 Å². The van der Waals surface area contributed by atoms with Crippen LogP contribution in [0.2, 0.25) is 0 Å². The Morgan fingerprint density at radius 3 is 2.88 bits per heavy atom. The van der Waals surface area contributed by atoms with Crippen molar-refractivity contribution in [2.45, 2.75) is 19.4 Å². The zero-order valence-electron chi connectivity index (χ0n) is 10.3. The second-order valence-electron chi connectivity index (χ2n) is 4.50. The first kappa shape index (κ1) is 11.8. The molecular formula is C13H17NO3. The van der Waals surface area contributed by atoms with Crippen LogP contribution in [0.3, 0.4) is 0 Å². The van der Waals surface area contributed by atoms with Gasteiger partial charge in [-0.05, 0) is 37.1 Å². The van der Waals surface area contributed by atoms with Gasteiger partial charge in [-0.15, -0.1) is 0 Å². The average molecular weight is 235 g/mol. The summed E-state index contributed by atoms with van der Waals surface area (Å²) in [5.41, 5.74) is 2.26. The van der Waals surface area contributed by atoms with E-state index in [0.29, 0.717) is 0 Å². The summed E-state index contributed by atoms with van der Waals surface area (Å²) >= 11 is 0. The molecule has 0 fully saturated rings. The minimum absolute atomic E-state index is 0.0228. The molecule has 0 aromatic heterocycles. The number of aliphatic carboxylic acids is 1. The summed E-state index contributed by atoms with van der Waals surface area (Å²) in [6.07, 6.45) is 0.760. The molecule has 17 heavy (non-hydrogen) atoms. The number of hydrogen-bond acceptors (Lipinski definition) is 3. The van der Waals surface area contributed by atoms with Crippen molar-refractivity contribution in [1.29, 1.82) is 0 Å². The van der Waals surface area contributed by atoms with Crippen molar-refractivity contribution < 1.29 is 14.6 Å². The number of rotatable bonds is 3. The van der Waals surface area contributed by atoms with Gasteiger partial charge in [-0.25, -0.2) is 0 Å². The number of nitrogens with zero attached hydrogens (tertiary/aromatic N) is 1. The number of carboxylic acid groups (broad SMARTS) is 1. The summed E-state index contributed by atoms with van der Waals surface area (Å²) in [7, 11) is 3.58. The molecule has 1 aliphatic rings. The largest absolute Gasteiger partial charge is 0.497 e. The molecule has 1 aromatic rings. The average Bonchev–Trinajstić information content (AvgIpc) is 2.65. The molecule has 1 aliphatic heterocycles. The van der Waals surface area contributed by atoms with Crippen molar-refractivity contribution in [3.8, 4) is 5.75 Å². The number of ether oxygens (including phenoxy) is 1. The minimum atomic E-state index is -0.748. The van der Waals surface area contributed by atoms with E-state index >= 15 is 0 Å². The van der Waals surface area contributed by atoms with E-state index in [1.165, 1.54) is 0 Å². The van der Waals surface area contributed by atoms with Crippen molar-refractivity contribution in [1.82, 2.24) is 0 Å². The lowest BCUT2D eigenvalue weighted by Crippen LogP contribution is -2.37. The fraction of sp³-hybridized carbons (Fsp3) is 0.462. The summed E-state index contributed by atoms with van der Waals surface area (Å²) in [5, 5.41) is 9.09. The molecule has 1 aromatic carbocycles. The van der Waals surface area contributed by atoms with Crippen LogP contribution in [-0.2, 0) is 11.2 Å². The fourth-order valence-electron chi connectivity index (χ4n) is 2.41. The Hall–Kier alpha value is -1.71. The molecule has 0 saturated carbocycles. The molecule has 2 unspecified atom stereocenters. The number of likely N-dealkylation sites (N-methyl/N-ethyl adjacent to an activating group) is 1. The highest BCUT2D eigenvalue weighted by Gasteiger charge is 2.34. The lowest BCUT2D eigenvalue weighted by atomic mass is 9.98. The van der Waals surface area contributed by atoms with Gasteiger partial charge in [0.15, 0.2) is 0 Å². The molecule has 92 valence electrons. The van der Waals surface area contributed by atoms with E-state index in [-0.39, 0.29) is 12.0 Å². The van der Waals surface area contributed by atoms with Crippen LogP contribution in [0.25, 0.3) is 0 Å². The SMILES string of the molecule is COc1ccc2c(c1)CC(C(C)C(=O)O)N2C. The van der Waals surface area contributed by atoms with E-state index in [4.69, 9.17) is 9.84 Å². The van der Waals surface area contributed by atoms with Crippen LogP contribution in [0, 0.1) is 5.92 Å². The normalized spacial score (nSPS) is 19.9. The molecule has 0 amide bonds. The van der Waals surface area contributed by atoms with E-state index in [9.17, 15) is 4.79 Å². The van der Waals surface area contributed by atoms with Crippen LogP contribution < -0.4 is 9.64 Å². The van der Waals surface area contributed by atoms with Gasteiger partial charge in [0.1, 0.15) is 5.75 Å². The number of carboxylic acids is 1. The van der Waals surface area contributed by atoms with E-state index in [2.05, 4.69) is 0 Å². The number of methoxy groups -OCH3 is 1. The summed E-state index contributed by atoms with van der Waals surface area (Å²) < 4.78 is 5.18. The third-order valence-corrected chi connectivity index (χ3v) is 3.56. The van der Waals surface area contributed by atoms with Gasteiger partial charge in [-0.1, -0.05) is 0 Å². The first-order chi connectivity index (χ1) is 8.04. The van der Waals surface area contributed by atoms with E-state index < -0.39 is 5.97 Å². The molecule has 0 spiro atoms. The Morgan fingerprint density at radius 1 is 1.59 bits per heavy atom. The lowest BCUT2D eigenvalue weighted by molar-refractivity contribution is -0.141. The van der Waals surface area contributed by atoms with Crippen molar-refractivity contribution in [3.05, 3.63) is 23.8 Å². The highest BCUT2D eigenvalue weighted by atomic mass is 16.5. The third kappa shape index (κ3) is 1.95.